The van der Waals surface area contributed by atoms with Gasteiger partial charge in [-0.3, -0.25) is 14.9 Å². The second-order valence-corrected chi connectivity index (χ2v) is 2.45. The summed E-state index contributed by atoms with van der Waals surface area (Å²) in [4.78, 5) is 31.4. The van der Waals surface area contributed by atoms with E-state index in [1.54, 1.807) is 0 Å². The molecular weight excluding hydrogens is 188 g/mol. The van der Waals surface area contributed by atoms with Crippen LogP contribution in [0, 0.1) is 0 Å². The topological polar surface area (TPSA) is 95.5 Å². The molecule has 1 aliphatic heterocycles. The highest BCUT2D eigenvalue weighted by atomic mass is 16.4. The predicted molar refractivity (Wildman–Crippen MR) is 48.7 cm³/mol. The number of aliphatic carboxylic acids is 1. The fourth-order valence-electron chi connectivity index (χ4n) is 0.930. The van der Waals surface area contributed by atoms with Crippen LogP contribution in [0.1, 0.15) is 26.7 Å². The van der Waals surface area contributed by atoms with Gasteiger partial charge in [-0.25, -0.2) is 4.79 Å². The number of carbonyl (C=O) groups is 3. The van der Waals surface area contributed by atoms with E-state index in [0.717, 1.165) is 0 Å². The van der Waals surface area contributed by atoms with E-state index in [4.69, 9.17) is 5.11 Å². The first-order valence-corrected chi connectivity index (χ1v) is 4.43. The fourth-order valence-corrected chi connectivity index (χ4v) is 0.930. The van der Waals surface area contributed by atoms with Gasteiger partial charge in [0, 0.05) is 6.42 Å². The summed E-state index contributed by atoms with van der Waals surface area (Å²) in [5, 5.41) is 12.6. The van der Waals surface area contributed by atoms with Crippen molar-refractivity contribution in [1.29, 1.82) is 0 Å². The molecule has 0 aromatic carbocycles. The lowest BCUT2D eigenvalue weighted by Crippen LogP contribution is -2.29. The van der Waals surface area contributed by atoms with E-state index in [1.165, 1.54) is 0 Å². The van der Waals surface area contributed by atoms with E-state index in [2.05, 4.69) is 5.32 Å². The van der Waals surface area contributed by atoms with Gasteiger partial charge in [-0.15, -0.1) is 0 Å². The molecule has 80 valence electrons. The zero-order chi connectivity index (χ0) is 11.1. The Hall–Kier alpha value is -1.59. The summed E-state index contributed by atoms with van der Waals surface area (Å²) >= 11 is 0. The molecule has 1 saturated heterocycles. The molecule has 3 N–H and O–H groups in total. The van der Waals surface area contributed by atoms with E-state index < -0.39 is 23.9 Å². The number of rotatable bonds is 3. The lowest BCUT2D eigenvalue weighted by Gasteiger charge is -2.02. The van der Waals surface area contributed by atoms with Crippen molar-refractivity contribution in [3.8, 4) is 0 Å². The molecule has 0 aromatic heterocycles. The first kappa shape index (κ1) is 12.4. The molecule has 1 atom stereocenters. The predicted octanol–water partition coefficient (Wildman–Crippen LogP) is 0.0854. The molecule has 6 heteroatoms. The Morgan fingerprint density at radius 2 is 2.00 bits per heavy atom. The molecule has 1 aliphatic rings. The normalized spacial score (nSPS) is 19.1. The highest BCUT2D eigenvalue weighted by Crippen LogP contribution is 2.01. The molecule has 0 bridgehead atoms. The average molecular weight is 202 g/mol. The number of carboxylic acids is 1. The van der Waals surface area contributed by atoms with Crippen LogP contribution in [0.2, 0.25) is 0 Å². The van der Waals surface area contributed by atoms with Crippen molar-refractivity contribution in [2.24, 2.45) is 0 Å². The quantitative estimate of drug-likeness (QED) is 0.565. The molecule has 3 amide bonds. The third-order valence-electron chi connectivity index (χ3n) is 1.51. The summed E-state index contributed by atoms with van der Waals surface area (Å²) in [7, 11) is 0. The Labute approximate surface area is 81.7 Å². The maximum absolute atomic E-state index is 10.8. The Morgan fingerprint density at radius 1 is 1.43 bits per heavy atom. The zero-order valence-corrected chi connectivity index (χ0v) is 8.16. The van der Waals surface area contributed by atoms with Crippen LogP contribution >= 0.6 is 0 Å². The lowest BCUT2D eigenvalue weighted by atomic mass is 10.1. The molecule has 14 heavy (non-hydrogen) atoms. The standard InChI is InChI=1S/C6H8N2O4.C2H6/c9-4(10)2-1-3-5(11)8-6(12)7-3;1-2/h3H,1-2H2,(H,9,10)(H2,7,8,11,12);1-2H3/t3-;/m1./s1. The molecule has 1 heterocycles. The molecule has 0 radical (unpaired) electrons. The number of urea groups is 1. The minimum absolute atomic E-state index is 0.127. The van der Waals surface area contributed by atoms with Crippen molar-refractivity contribution in [3.05, 3.63) is 0 Å². The van der Waals surface area contributed by atoms with Crippen molar-refractivity contribution in [1.82, 2.24) is 10.6 Å². The second-order valence-electron chi connectivity index (χ2n) is 2.45. The van der Waals surface area contributed by atoms with Crippen molar-refractivity contribution < 1.29 is 19.5 Å². The Balaban J connectivity index is 0.000000791. The zero-order valence-electron chi connectivity index (χ0n) is 8.16. The van der Waals surface area contributed by atoms with Gasteiger partial charge in [-0.1, -0.05) is 13.8 Å². The lowest BCUT2D eigenvalue weighted by molar-refractivity contribution is -0.137. The van der Waals surface area contributed by atoms with Gasteiger partial charge in [-0.2, -0.15) is 0 Å². The van der Waals surface area contributed by atoms with Gasteiger partial charge in [0.2, 0.25) is 0 Å². The molecule has 0 saturated carbocycles. The molecule has 1 fully saturated rings. The Bertz CT molecular complexity index is 239. The van der Waals surface area contributed by atoms with Crippen LogP contribution in [-0.4, -0.2) is 29.1 Å². The summed E-state index contributed by atoms with van der Waals surface area (Å²) in [5.74, 6) is -1.44. The maximum Gasteiger partial charge on any atom is 0.322 e. The third-order valence-corrected chi connectivity index (χ3v) is 1.51. The van der Waals surface area contributed by atoms with Crippen LogP contribution in [0.3, 0.4) is 0 Å². The minimum Gasteiger partial charge on any atom is -0.481 e. The van der Waals surface area contributed by atoms with Gasteiger partial charge >= 0.3 is 12.0 Å². The largest absolute Gasteiger partial charge is 0.481 e. The minimum atomic E-state index is -0.982. The fraction of sp³-hybridized carbons (Fsp3) is 0.625. The van der Waals surface area contributed by atoms with Gasteiger partial charge < -0.3 is 10.4 Å². The smallest absolute Gasteiger partial charge is 0.322 e. The van der Waals surface area contributed by atoms with Gasteiger partial charge in [-0.05, 0) is 6.42 Å². The number of carboxylic acid groups (broad SMARTS) is 1. The molecule has 0 aliphatic carbocycles. The van der Waals surface area contributed by atoms with Crippen molar-refractivity contribution >= 4 is 17.9 Å². The summed E-state index contributed by atoms with van der Waals surface area (Å²) in [5.41, 5.74) is 0. The molecule has 0 unspecified atom stereocenters. The highest BCUT2D eigenvalue weighted by molar-refractivity contribution is 6.04. The van der Waals surface area contributed by atoms with Gasteiger partial charge in [0.25, 0.3) is 5.91 Å². The number of hydrogen-bond acceptors (Lipinski definition) is 3. The van der Waals surface area contributed by atoms with E-state index in [1.807, 2.05) is 19.2 Å². The average Bonchev–Trinajstić information content (AvgIpc) is 2.45. The van der Waals surface area contributed by atoms with Crippen molar-refractivity contribution in [3.63, 3.8) is 0 Å². The van der Waals surface area contributed by atoms with Crippen LogP contribution in [-0.2, 0) is 9.59 Å². The highest BCUT2D eigenvalue weighted by Gasteiger charge is 2.29. The SMILES string of the molecule is CC.O=C(O)CC[C@H]1NC(=O)NC1=O. The summed E-state index contributed by atoms with van der Waals surface area (Å²) < 4.78 is 0. The van der Waals surface area contributed by atoms with Gasteiger partial charge in [0.15, 0.2) is 0 Å². The van der Waals surface area contributed by atoms with Crippen LogP contribution in [0.25, 0.3) is 0 Å². The van der Waals surface area contributed by atoms with Crippen molar-refractivity contribution in [2.45, 2.75) is 32.7 Å². The van der Waals surface area contributed by atoms with Crippen LogP contribution < -0.4 is 10.6 Å². The first-order chi connectivity index (χ1) is 6.59. The molecule has 6 nitrogen and oxygen atoms in total. The number of nitrogens with one attached hydrogen (secondary N) is 2. The van der Waals surface area contributed by atoms with Crippen LogP contribution in [0.4, 0.5) is 4.79 Å². The number of amides is 3. The van der Waals surface area contributed by atoms with E-state index in [9.17, 15) is 14.4 Å². The van der Waals surface area contributed by atoms with Gasteiger partial charge in [0.1, 0.15) is 6.04 Å². The Morgan fingerprint density at radius 3 is 2.36 bits per heavy atom. The molecule has 0 aromatic rings. The first-order valence-electron chi connectivity index (χ1n) is 4.43. The van der Waals surface area contributed by atoms with Crippen LogP contribution in [0.15, 0.2) is 0 Å². The van der Waals surface area contributed by atoms with E-state index in [-0.39, 0.29) is 12.8 Å². The molecule has 0 spiro atoms. The van der Waals surface area contributed by atoms with Crippen LogP contribution in [0.5, 0.6) is 0 Å². The number of imide groups is 1. The molecular formula is C8H14N2O4. The number of hydrogen-bond donors (Lipinski definition) is 3. The summed E-state index contributed by atoms with van der Waals surface area (Å²) in [6.07, 6.45) is 0.00523. The summed E-state index contributed by atoms with van der Waals surface area (Å²) in [6, 6.07) is -1.25. The number of carbonyl (C=O) groups excluding carboxylic acids is 2. The maximum atomic E-state index is 10.8. The summed E-state index contributed by atoms with van der Waals surface area (Å²) in [6.45, 7) is 4.00. The third kappa shape index (κ3) is 3.88. The van der Waals surface area contributed by atoms with Gasteiger partial charge in [0.05, 0.1) is 0 Å². The van der Waals surface area contributed by atoms with Crippen molar-refractivity contribution in [2.75, 3.05) is 0 Å². The Kier molecular flexibility index (Phi) is 5.28. The van der Waals surface area contributed by atoms with E-state index in [0.29, 0.717) is 0 Å². The van der Waals surface area contributed by atoms with E-state index >= 15 is 0 Å². The molecule has 1 rings (SSSR count). The second kappa shape index (κ2) is 5.95. The monoisotopic (exact) mass is 202 g/mol.